The lowest BCUT2D eigenvalue weighted by molar-refractivity contribution is -0.139. The fourth-order valence-corrected chi connectivity index (χ4v) is 7.55. The number of methoxy groups -OCH3 is 3. The van der Waals surface area contributed by atoms with Crippen LogP contribution in [0, 0.1) is 14.9 Å². The Hall–Kier alpha value is -4.13. The Bertz CT molecular complexity index is 2130. The molecule has 0 spiro atoms. The van der Waals surface area contributed by atoms with E-state index in [0.29, 0.717) is 59.2 Å². The third-order valence-electron chi connectivity index (χ3n) is 7.37. The number of fused-ring (bicyclic) bond motifs is 1. The molecule has 1 atom stereocenters. The number of carbonyl (C=O) groups excluding carboxylic acids is 1. The Morgan fingerprint density at radius 1 is 1.11 bits per heavy atom. The molecule has 1 aliphatic rings. The maximum absolute atomic E-state index is 14.2. The first-order valence-electron chi connectivity index (χ1n) is 14.2. The molecule has 242 valence electrons. The minimum atomic E-state index is -0.858. The monoisotopic (exact) mass is 829 g/mol. The molecule has 0 aliphatic carbocycles. The van der Waals surface area contributed by atoms with Gasteiger partial charge in [0.1, 0.15) is 6.61 Å². The number of rotatable bonds is 10. The lowest BCUT2D eigenvalue weighted by Crippen LogP contribution is -2.40. The van der Waals surface area contributed by atoms with E-state index in [2.05, 4.69) is 49.6 Å². The summed E-state index contributed by atoms with van der Waals surface area (Å²) < 4.78 is 31.5. The third kappa shape index (κ3) is 6.81. The maximum atomic E-state index is 14.2. The van der Waals surface area contributed by atoms with E-state index >= 15 is 0 Å². The molecule has 47 heavy (non-hydrogen) atoms. The van der Waals surface area contributed by atoms with Gasteiger partial charge in [0.15, 0.2) is 27.8 Å². The van der Waals surface area contributed by atoms with Gasteiger partial charge in [-0.25, -0.2) is 9.79 Å². The average molecular weight is 830 g/mol. The number of nitriles is 1. The third-order valence-corrected chi connectivity index (χ3v) is 9.84. The quantitative estimate of drug-likeness (QED) is 0.149. The number of thiazole rings is 1. The molecule has 0 bridgehead atoms. The van der Waals surface area contributed by atoms with E-state index in [1.165, 1.54) is 30.1 Å². The van der Waals surface area contributed by atoms with Gasteiger partial charge in [0, 0.05) is 10.0 Å². The van der Waals surface area contributed by atoms with Crippen molar-refractivity contribution in [1.82, 2.24) is 4.57 Å². The molecule has 0 fully saturated rings. The summed E-state index contributed by atoms with van der Waals surface area (Å²) in [5, 5.41) is 9.44. The highest BCUT2D eigenvalue weighted by molar-refractivity contribution is 14.1. The molecule has 0 N–H and O–H groups in total. The number of aromatic nitrogens is 1. The van der Waals surface area contributed by atoms with Crippen molar-refractivity contribution in [2.24, 2.45) is 4.99 Å². The minimum absolute atomic E-state index is 0.158. The summed E-state index contributed by atoms with van der Waals surface area (Å²) in [7, 11) is 4.59. The summed E-state index contributed by atoms with van der Waals surface area (Å²) in [6.07, 6.45) is 1.76. The molecule has 0 saturated heterocycles. The second-order valence-corrected chi connectivity index (χ2v) is 13.1. The summed E-state index contributed by atoms with van der Waals surface area (Å²) in [5.74, 6) is 1.34. The topological polar surface area (TPSA) is 121 Å². The van der Waals surface area contributed by atoms with Crippen LogP contribution in [-0.2, 0) is 16.1 Å². The second kappa shape index (κ2) is 14.7. The van der Waals surface area contributed by atoms with Crippen LogP contribution < -0.4 is 33.8 Å². The van der Waals surface area contributed by atoms with Crippen LogP contribution in [0.1, 0.15) is 42.1 Å². The molecule has 1 aliphatic heterocycles. The molecule has 0 radical (unpaired) electrons. The molecular formula is C34H29BrIN3O7S. The van der Waals surface area contributed by atoms with Gasteiger partial charge >= 0.3 is 5.97 Å². The Labute approximate surface area is 296 Å². The Morgan fingerprint density at radius 2 is 1.81 bits per heavy atom. The molecule has 0 amide bonds. The molecule has 0 saturated carbocycles. The van der Waals surface area contributed by atoms with Crippen LogP contribution in [0.3, 0.4) is 0 Å². The zero-order chi connectivity index (χ0) is 33.8. The van der Waals surface area contributed by atoms with Crippen molar-refractivity contribution in [2.45, 2.75) is 26.5 Å². The number of allylic oxidation sites excluding steroid dienone is 1. The number of esters is 1. The van der Waals surface area contributed by atoms with Crippen LogP contribution in [0.4, 0.5) is 0 Å². The standard InChI is InChI=1S/C34H29BrIN3O7S/c1-6-45-33(41)29-18(2)38-34-39(30(29)22-14-25(42-3)26(43-4)15-23(22)35)32(40)28(47-34)13-19-11-24(36)31(27(12-19)44-5)46-17-21-10-8-7-9-20(21)16-37/h7-15,30H,6,17H2,1-5H3/b28-13-/t30-/m0/s1. The number of hydrogen-bond donors (Lipinski definition) is 0. The number of carbonyl (C=O) groups is 1. The molecular weight excluding hydrogens is 801 g/mol. The van der Waals surface area contributed by atoms with Gasteiger partial charge in [-0.05, 0) is 84.0 Å². The zero-order valence-corrected chi connectivity index (χ0v) is 30.6. The number of nitrogens with zero attached hydrogens (tertiary/aromatic N) is 3. The zero-order valence-electron chi connectivity index (χ0n) is 26.1. The fourth-order valence-electron chi connectivity index (χ4n) is 5.18. The summed E-state index contributed by atoms with van der Waals surface area (Å²) >= 11 is 6.99. The minimum Gasteiger partial charge on any atom is -0.493 e. The van der Waals surface area contributed by atoms with Crippen LogP contribution in [-0.4, -0.2) is 38.5 Å². The summed E-state index contributed by atoms with van der Waals surface area (Å²) in [6, 6.07) is 15.7. The van der Waals surface area contributed by atoms with E-state index in [0.717, 1.165) is 9.13 Å². The summed E-state index contributed by atoms with van der Waals surface area (Å²) in [5.41, 5.74) is 2.94. The number of benzene rings is 3. The van der Waals surface area contributed by atoms with Crippen molar-refractivity contribution >= 4 is 61.9 Å². The number of ether oxygens (including phenoxy) is 5. The van der Waals surface area contributed by atoms with Gasteiger partial charge in [0.25, 0.3) is 5.56 Å². The number of hydrogen-bond acceptors (Lipinski definition) is 10. The van der Waals surface area contributed by atoms with E-state index in [1.807, 2.05) is 18.2 Å². The van der Waals surface area contributed by atoms with E-state index in [1.54, 1.807) is 57.4 Å². The molecule has 2 heterocycles. The Kier molecular flexibility index (Phi) is 10.7. The SMILES string of the molecule is CCOC(=O)C1=C(C)N=c2s/c(=C\c3cc(I)c(OCc4ccccc4C#N)c(OC)c3)c(=O)n2[C@H]1c1cc(OC)c(OC)cc1Br. The second-order valence-electron chi connectivity index (χ2n) is 10.1. The van der Waals surface area contributed by atoms with E-state index in [9.17, 15) is 14.9 Å². The van der Waals surface area contributed by atoms with E-state index in [4.69, 9.17) is 23.7 Å². The van der Waals surface area contributed by atoms with E-state index in [-0.39, 0.29) is 24.3 Å². The normalized spacial score (nSPS) is 14.2. The van der Waals surface area contributed by atoms with Crippen LogP contribution in [0.2, 0.25) is 0 Å². The van der Waals surface area contributed by atoms with Crippen molar-refractivity contribution in [3.63, 3.8) is 0 Å². The highest BCUT2D eigenvalue weighted by atomic mass is 127. The first kappa shape index (κ1) is 34.2. The summed E-state index contributed by atoms with van der Waals surface area (Å²) in [6.45, 7) is 3.79. The molecule has 3 aromatic carbocycles. The molecule has 13 heteroatoms. The predicted octanol–water partition coefficient (Wildman–Crippen LogP) is 5.64. The molecule has 4 aromatic rings. The molecule has 1 aromatic heterocycles. The lowest BCUT2D eigenvalue weighted by Gasteiger charge is -2.26. The number of halogens is 2. The smallest absolute Gasteiger partial charge is 0.338 e. The van der Waals surface area contributed by atoms with Crippen molar-refractivity contribution in [3.05, 3.63) is 110 Å². The highest BCUT2D eigenvalue weighted by Gasteiger charge is 2.35. The lowest BCUT2D eigenvalue weighted by atomic mass is 9.95. The van der Waals surface area contributed by atoms with Crippen LogP contribution >= 0.6 is 49.9 Å². The first-order valence-corrected chi connectivity index (χ1v) is 16.9. The van der Waals surface area contributed by atoms with Gasteiger partial charge in [-0.1, -0.05) is 45.5 Å². The van der Waals surface area contributed by atoms with Crippen LogP contribution in [0.15, 0.2) is 74.1 Å². The molecule has 10 nitrogen and oxygen atoms in total. The maximum Gasteiger partial charge on any atom is 0.338 e. The van der Waals surface area contributed by atoms with Gasteiger partial charge in [0.2, 0.25) is 0 Å². The van der Waals surface area contributed by atoms with Crippen molar-refractivity contribution in [1.29, 1.82) is 5.26 Å². The fraction of sp³-hybridized carbons (Fsp3) is 0.235. The predicted molar refractivity (Wildman–Crippen MR) is 189 cm³/mol. The van der Waals surface area contributed by atoms with Gasteiger partial charge in [-0.3, -0.25) is 9.36 Å². The molecule has 5 rings (SSSR count). The molecule has 0 unspecified atom stereocenters. The van der Waals surface area contributed by atoms with Crippen molar-refractivity contribution in [2.75, 3.05) is 27.9 Å². The van der Waals surface area contributed by atoms with Gasteiger partial charge in [-0.2, -0.15) is 5.26 Å². The van der Waals surface area contributed by atoms with Crippen LogP contribution in [0.25, 0.3) is 6.08 Å². The van der Waals surface area contributed by atoms with Crippen molar-refractivity contribution < 1.29 is 28.5 Å². The Balaban J connectivity index is 1.62. The largest absolute Gasteiger partial charge is 0.493 e. The van der Waals surface area contributed by atoms with Gasteiger partial charge in [-0.15, -0.1) is 0 Å². The van der Waals surface area contributed by atoms with Gasteiger partial charge < -0.3 is 23.7 Å². The average Bonchev–Trinajstić information content (AvgIpc) is 3.36. The van der Waals surface area contributed by atoms with Crippen LogP contribution in [0.5, 0.6) is 23.0 Å². The van der Waals surface area contributed by atoms with Gasteiger partial charge in [0.05, 0.1) is 65.0 Å². The highest BCUT2D eigenvalue weighted by Crippen LogP contribution is 2.41. The van der Waals surface area contributed by atoms with E-state index < -0.39 is 12.0 Å². The first-order chi connectivity index (χ1) is 22.6. The summed E-state index contributed by atoms with van der Waals surface area (Å²) in [4.78, 5) is 32.6. The Morgan fingerprint density at radius 3 is 2.49 bits per heavy atom. The van der Waals surface area contributed by atoms with Crippen molar-refractivity contribution in [3.8, 4) is 29.1 Å².